The van der Waals surface area contributed by atoms with Crippen LogP contribution in [0.4, 0.5) is 6.01 Å². The Labute approximate surface area is 133 Å². The summed E-state index contributed by atoms with van der Waals surface area (Å²) in [4.78, 5) is 12.0. The van der Waals surface area contributed by atoms with Crippen molar-refractivity contribution in [2.45, 2.75) is 26.2 Å². The number of nitrogens with one attached hydrogen (secondary N) is 1. The molecule has 0 aliphatic rings. The first-order valence-electron chi connectivity index (χ1n) is 7.38. The number of amides is 1. The Kier molecular flexibility index (Phi) is 4.23. The summed E-state index contributed by atoms with van der Waals surface area (Å²) in [5.74, 6) is 0.946. The van der Waals surface area contributed by atoms with Crippen molar-refractivity contribution < 1.29 is 13.6 Å². The fourth-order valence-electron chi connectivity index (χ4n) is 2.14. The minimum Gasteiger partial charge on any atom is -0.459 e. The molecule has 0 bridgehead atoms. The second-order valence-electron chi connectivity index (χ2n) is 5.51. The molecule has 0 spiro atoms. The Bertz CT molecular complexity index is 774. The summed E-state index contributed by atoms with van der Waals surface area (Å²) in [6.45, 7) is 4.27. The lowest BCUT2D eigenvalue weighted by Gasteiger charge is -2.06. The molecule has 23 heavy (non-hydrogen) atoms. The van der Waals surface area contributed by atoms with Gasteiger partial charge in [0.1, 0.15) is 0 Å². The lowest BCUT2D eigenvalue weighted by atomic mass is 10.0. The highest BCUT2D eigenvalue weighted by atomic mass is 16.4. The molecule has 3 aromatic rings. The second kappa shape index (κ2) is 6.48. The first kappa shape index (κ1) is 15.0. The fraction of sp³-hybridized carbons (Fsp3) is 0.235. The molecule has 2 aromatic heterocycles. The Balaban J connectivity index is 1.61. The van der Waals surface area contributed by atoms with Crippen LogP contribution in [-0.4, -0.2) is 16.1 Å². The van der Waals surface area contributed by atoms with E-state index in [4.69, 9.17) is 8.83 Å². The highest BCUT2D eigenvalue weighted by Gasteiger charge is 2.13. The third-order valence-electron chi connectivity index (χ3n) is 3.41. The summed E-state index contributed by atoms with van der Waals surface area (Å²) >= 11 is 0. The molecule has 6 nitrogen and oxygen atoms in total. The zero-order valence-electron chi connectivity index (χ0n) is 12.9. The third kappa shape index (κ3) is 3.66. The van der Waals surface area contributed by atoms with E-state index in [1.165, 1.54) is 11.8 Å². The standard InChI is InChI=1S/C17H17N3O3/c1-11(2)13-7-5-12(6-8-13)10-15(21)18-17-20-19-16(23-17)14-4-3-9-22-14/h3-9,11H,10H2,1-2H3,(H,18,20,21). The highest BCUT2D eigenvalue weighted by molar-refractivity contribution is 5.90. The molecule has 0 radical (unpaired) electrons. The molecule has 0 saturated carbocycles. The van der Waals surface area contributed by atoms with Crippen molar-refractivity contribution in [2.24, 2.45) is 0 Å². The number of carbonyl (C=O) groups is 1. The molecule has 0 atom stereocenters. The van der Waals surface area contributed by atoms with Crippen LogP contribution in [0.1, 0.15) is 30.9 Å². The normalized spacial score (nSPS) is 10.9. The Morgan fingerprint density at radius 2 is 1.96 bits per heavy atom. The maximum atomic E-state index is 12.0. The van der Waals surface area contributed by atoms with Gasteiger partial charge in [0.15, 0.2) is 5.76 Å². The number of carbonyl (C=O) groups excluding carboxylic acids is 1. The van der Waals surface area contributed by atoms with Gasteiger partial charge in [-0.25, -0.2) is 0 Å². The Morgan fingerprint density at radius 3 is 2.61 bits per heavy atom. The number of rotatable bonds is 5. The molecule has 0 aliphatic heterocycles. The molecule has 1 amide bonds. The molecule has 0 aliphatic carbocycles. The van der Waals surface area contributed by atoms with Crippen molar-refractivity contribution in [1.82, 2.24) is 10.2 Å². The van der Waals surface area contributed by atoms with E-state index in [9.17, 15) is 4.79 Å². The summed E-state index contributed by atoms with van der Waals surface area (Å²) in [7, 11) is 0. The molecular weight excluding hydrogens is 294 g/mol. The summed E-state index contributed by atoms with van der Waals surface area (Å²) < 4.78 is 10.5. The molecule has 6 heteroatoms. The average Bonchev–Trinajstić information content (AvgIpc) is 3.18. The number of nitrogens with zero attached hydrogens (tertiary/aromatic N) is 2. The van der Waals surface area contributed by atoms with Crippen LogP contribution >= 0.6 is 0 Å². The SMILES string of the molecule is CC(C)c1ccc(CC(=O)Nc2nnc(-c3ccco3)o2)cc1. The van der Waals surface area contributed by atoms with Crippen molar-refractivity contribution in [2.75, 3.05) is 5.32 Å². The average molecular weight is 311 g/mol. The van der Waals surface area contributed by atoms with Gasteiger partial charge in [0.05, 0.1) is 12.7 Å². The minimum absolute atomic E-state index is 0.0557. The van der Waals surface area contributed by atoms with Gasteiger partial charge in [-0.2, -0.15) is 0 Å². The molecule has 0 unspecified atom stereocenters. The Hall–Kier alpha value is -2.89. The number of hydrogen-bond donors (Lipinski definition) is 1. The molecule has 0 saturated heterocycles. The number of anilines is 1. The summed E-state index contributed by atoms with van der Waals surface area (Å²) in [5.41, 5.74) is 2.17. The van der Waals surface area contributed by atoms with E-state index in [2.05, 4.69) is 29.4 Å². The topological polar surface area (TPSA) is 81.2 Å². The number of benzene rings is 1. The summed E-state index contributed by atoms with van der Waals surface area (Å²) in [5, 5.41) is 10.2. The summed E-state index contributed by atoms with van der Waals surface area (Å²) in [6.07, 6.45) is 1.76. The van der Waals surface area contributed by atoms with Crippen molar-refractivity contribution >= 4 is 11.9 Å². The number of furan rings is 1. The van der Waals surface area contributed by atoms with Crippen LogP contribution in [-0.2, 0) is 11.2 Å². The zero-order chi connectivity index (χ0) is 16.2. The van der Waals surface area contributed by atoms with Crippen LogP contribution in [0.15, 0.2) is 51.5 Å². The molecule has 2 heterocycles. The lowest BCUT2D eigenvalue weighted by Crippen LogP contribution is -2.14. The van der Waals surface area contributed by atoms with E-state index in [-0.39, 0.29) is 24.2 Å². The highest BCUT2D eigenvalue weighted by Crippen LogP contribution is 2.20. The maximum Gasteiger partial charge on any atom is 0.322 e. The first-order valence-corrected chi connectivity index (χ1v) is 7.38. The van der Waals surface area contributed by atoms with Gasteiger partial charge < -0.3 is 8.83 Å². The van der Waals surface area contributed by atoms with E-state index in [0.29, 0.717) is 11.7 Å². The van der Waals surface area contributed by atoms with Gasteiger partial charge in [-0.3, -0.25) is 10.1 Å². The number of hydrogen-bond acceptors (Lipinski definition) is 5. The van der Waals surface area contributed by atoms with Crippen molar-refractivity contribution in [3.05, 3.63) is 53.8 Å². The minimum atomic E-state index is -0.211. The molecular formula is C17H17N3O3. The monoisotopic (exact) mass is 311 g/mol. The van der Waals surface area contributed by atoms with Crippen LogP contribution in [0.3, 0.4) is 0 Å². The van der Waals surface area contributed by atoms with Crippen molar-refractivity contribution in [3.63, 3.8) is 0 Å². The lowest BCUT2D eigenvalue weighted by molar-refractivity contribution is -0.115. The zero-order valence-corrected chi connectivity index (χ0v) is 12.9. The number of aromatic nitrogens is 2. The first-order chi connectivity index (χ1) is 11.1. The fourth-order valence-corrected chi connectivity index (χ4v) is 2.14. The molecule has 1 N–H and O–H groups in total. The van der Waals surface area contributed by atoms with Gasteiger partial charge in [-0.15, -0.1) is 5.10 Å². The molecule has 118 valence electrons. The molecule has 0 fully saturated rings. The second-order valence-corrected chi connectivity index (χ2v) is 5.51. The van der Waals surface area contributed by atoms with E-state index in [1.807, 2.05) is 24.3 Å². The van der Waals surface area contributed by atoms with Crippen LogP contribution in [0.2, 0.25) is 0 Å². The van der Waals surface area contributed by atoms with Crippen molar-refractivity contribution in [3.8, 4) is 11.7 Å². The summed E-state index contributed by atoms with van der Waals surface area (Å²) in [6, 6.07) is 11.5. The largest absolute Gasteiger partial charge is 0.459 e. The molecule has 1 aromatic carbocycles. The molecule has 3 rings (SSSR count). The maximum absolute atomic E-state index is 12.0. The van der Waals surface area contributed by atoms with E-state index >= 15 is 0 Å². The smallest absolute Gasteiger partial charge is 0.322 e. The van der Waals surface area contributed by atoms with Crippen LogP contribution in [0.25, 0.3) is 11.7 Å². The Morgan fingerprint density at radius 1 is 1.17 bits per heavy atom. The van der Waals surface area contributed by atoms with Gasteiger partial charge in [0, 0.05) is 0 Å². The predicted octanol–water partition coefficient (Wildman–Crippen LogP) is 3.63. The van der Waals surface area contributed by atoms with Gasteiger partial charge in [0.2, 0.25) is 5.91 Å². The third-order valence-corrected chi connectivity index (χ3v) is 3.41. The van der Waals surface area contributed by atoms with E-state index in [0.717, 1.165) is 5.56 Å². The quantitative estimate of drug-likeness (QED) is 0.778. The van der Waals surface area contributed by atoms with Crippen molar-refractivity contribution in [1.29, 1.82) is 0 Å². The van der Waals surface area contributed by atoms with Crippen LogP contribution in [0, 0.1) is 0 Å². The van der Waals surface area contributed by atoms with Crippen LogP contribution in [0.5, 0.6) is 0 Å². The van der Waals surface area contributed by atoms with E-state index < -0.39 is 0 Å². The van der Waals surface area contributed by atoms with Gasteiger partial charge in [0.25, 0.3) is 5.89 Å². The van der Waals surface area contributed by atoms with Crippen LogP contribution < -0.4 is 5.32 Å². The van der Waals surface area contributed by atoms with Gasteiger partial charge in [-0.05, 0) is 29.2 Å². The van der Waals surface area contributed by atoms with E-state index in [1.54, 1.807) is 12.1 Å². The van der Waals surface area contributed by atoms with Gasteiger partial charge in [-0.1, -0.05) is 43.2 Å². The van der Waals surface area contributed by atoms with Gasteiger partial charge >= 0.3 is 6.01 Å². The predicted molar refractivity (Wildman–Crippen MR) is 84.9 cm³/mol.